The maximum Gasteiger partial charge on any atom is 0.270 e. The molecule has 0 spiro atoms. The molecule has 0 aliphatic heterocycles. The summed E-state index contributed by atoms with van der Waals surface area (Å²) in [7, 11) is -3.89. The first-order valence-corrected chi connectivity index (χ1v) is 6.22. The summed E-state index contributed by atoms with van der Waals surface area (Å²) in [5.41, 5.74) is 0. The molecule has 0 saturated heterocycles. The van der Waals surface area contributed by atoms with Crippen molar-refractivity contribution in [1.29, 1.82) is 0 Å². The Morgan fingerprint density at radius 3 is 2.08 bits per heavy atom. The lowest BCUT2D eigenvalue weighted by molar-refractivity contribution is 0.423. The maximum absolute atomic E-state index is 10.9. The van der Waals surface area contributed by atoms with Gasteiger partial charge in [-0.3, -0.25) is 4.55 Å². The highest BCUT2D eigenvalue weighted by molar-refractivity contribution is 7.87. The van der Waals surface area contributed by atoms with Gasteiger partial charge in [-0.15, -0.1) is 0 Å². The van der Waals surface area contributed by atoms with Crippen LogP contribution in [-0.4, -0.2) is 17.7 Å². The second-order valence-electron chi connectivity index (χ2n) is 4.05. The minimum Gasteiger partial charge on any atom is -0.285 e. The fraction of sp³-hybridized carbons (Fsp3) is 1.00. The zero-order chi connectivity index (χ0) is 10.5. The van der Waals surface area contributed by atoms with E-state index >= 15 is 0 Å². The summed E-state index contributed by atoms with van der Waals surface area (Å²) in [4.78, 5) is 0. The normalized spacial score (nSPS) is 13.2. The van der Waals surface area contributed by atoms with E-state index in [-0.39, 0.29) is 0 Å². The molecule has 0 rings (SSSR count). The molecule has 0 bridgehead atoms. The van der Waals surface area contributed by atoms with Gasteiger partial charge in [0.05, 0.1) is 4.75 Å². The fourth-order valence-electron chi connectivity index (χ4n) is 1.11. The molecular formula is C9H20O3S. The van der Waals surface area contributed by atoms with E-state index in [9.17, 15) is 8.42 Å². The van der Waals surface area contributed by atoms with E-state index in [0.29, 0.717) is 6.42 Å². The van der Waals surface area contributed by atoms with Gasteiger partial charge in [0.1, 0.15) is 0 Å². The molecule has 13 heavy (non-hydrogen) atoms. The molecular weight excluding hydrogens is 188 g/mol. The van der Waals surface area contributed by atoms with E-state index in [2.05, 4.69) is 6.92 Å². The van der Waals surface area contributed by atoms with Gasteiger partial charge >= 0.3 is 0 Å². The maximum atomic E-state index is 10.9. The van der Waals surface area contributed by atoms with Crippen molar-refractivity contribution in [1.82, 2.24) is 0 Å². The van der Waals surface area contributed by atoms with Crippen LogP contribution in [-0.2, 0) is 10.1 Å². The minimum absolute atomic E-state index is 0.534. The quantitative estimate of drug-likeness (QED) is 0.539. The Labute approximate surface area is 81.3 Å². The second-order valence-corrected chi connectivity index (χ2v) is 6.10. The highest BCUT2D eigenvalue weighted by Gasteiger charge is 2.31. The van der Waals surface area contributed by atoms with Crippen molar-refractivity contribution in [3.63, 3.8) is 0 Å². The van der Waals surface area contributed by atoms with Gasteiger partial charge in [-0.2, -0.15) is 8.42 Å². The molecule has 0 aromatic heterocycles. The van der Waals surface area contributed by atoms with Gasteiger partial charge in [-0.1, -0.05) is 32.6 Å². The third kappa shape index (κ3) is 4.62. The highest BCUT2D eigenvalue weighted by atomic mass is 32.2. The van der Waals surface area contributed by atoms with Gasteiger partial charge in [-0.25, -0.2) is 0 Å². The molecule has 0 aliphatic rings. The minimum atomic E-state index is -3.89. The van der Waals surface area contributed by atoms with Crippen molar-refractivity contribution < 1.29 is 13.0 Å². The topological polar surface area (TPSA) is 54.4 Å². The number of unbranched alkanes of at least 4 members (excludes halogenated alkanes) is 3. The Morgan fingerprint density at radius 2 is 1.69 bits per heavy atom. The summed E-state index contributed by atoms with van der Waals surface area (Å²) in [6.07, 6.45) is 4.69. The summed E-state index contributed by atoms with van der Waals surface area (Å²) in [5.74, 6) is 0. The van der Waals surface area contributed by atoms with Crippen LogP contribution in [0.2, 0.25) is 0 Å². The average Bonchev–Trinajstić information content (AvgIpc) is 1.96. The molecule has 0 fully saturated rings. The highest BCUT2D eigenvalue weighted by Crippen LogP contribution is 2.22. The largest absolute Gasteiger partial charge is 0.285 e. The van der Waals surface area contributed by atoms with Crippen LogP contribution in [0.3, 0.4) is 0 Å². The third-order valence-electron chi connectivity index (χ3n) is 2.33. The molecule has 3 nitrogen and oxygen atoms in total. The van der Waals surface area contributed by atoms with Crippen LogP contribution in [0.4, 0.5) is 0 Å². The standard InChI is InChI=1S/C9H20O3S/c1-4-5-6-7-8-9(2,3)13(10,11)12/h4-8H2,1-3H3,(H,10,11,12). The molecule has 80 valence electrons. The molecule has 0 radical (unpaired) electrons. The summed E-state index contributed by atoms with van der Waals surface area (Å²) < 4.78 is 29.6. The Bertz CT molecular complexity index is 229. The first-order valence-electron chi connectivity index (χ1n) is 4.78. The summed E-state index contributed by atoms with van der Waals surface area (Å²) in [5, 5.41) is 0. The second kappa shape index (κ2) is 4.96. The number of hydrogen-bond donors (Lipinski definition) is 1. The van der Waals surface area contributed by atoms with E-state index in [0.717, 1.165) is 25.7 Å². The Kier molecular flexibility index (Phi) is 4.92. The van der Waals surface area contributed by atoms with Crippen LogP contribution < -0.4 is 0 Å². The van der Waals surface area contributed by atoms with E-state index in [1.165, 1.54) is 0 Å². The van der Waals surface area contributed by atoms with Crippen molar-refractivity contribution in [3.05, 3.63) is 0 Å². The van der Waals surface area contributed by atoms with Gasteiger partial charge in [-0.05, 0) is 20.3 Å². The zero-order valence-corrected chi connectivity index (χ0v) is 9.52. The lowest BCUT2D eigenvalue weighted by Gasteiger charge is -2.20. The number of rotatable bonds is 6. The van der Waals surface area contributed by atoms with Crippen LogP contribution in [0.25, 0.3) is 0 Å². The summed E-state index contributed by atoms with van der Waals surface area (Å²) in [6.45, 7) is 5.23. The molecule has 0 aliphatic carbocycles. The number of hydrogen-bond acceptors (Lipinski definition) is 2. The molecule has 0 amide bonds. The van der Waals surface area contributed by atoms with Crippen LogP contribution in [0.15, 0.2) is 0 Å². The van der Waals surface area contributed by atoms with Crippen molar-refractivity contribution >= 4 is 10.1 Å². The molecule has 0 saturated carbocycles. The molecule has 0 heterocycles. The Morgan fingerprint density at radius 1 is 1.15 bits per heavy atom. The van der Waals surface area contributed by atoms with Crippen LogP contribution in [0, 0.1) is 0 Å². The van der Waals surface area contributed by atoms with Gasteiger partial charge in [0.15, 0.2) is 0 Å². The van der Waals surface area contributed by atoms with E-state index in [1.54, 1.807) is 13.8 Å². The smallest absolute Gasteiger partial charge is 0.270 e. The molecule has 0 unspecified atom stereocenters. The average molecular weight is 208 g/mol. The molecule has 0 aromatic rings. The monoisotopic (exact) mass is 208 g/mol. The predicted molar refractivity (Wildman–Crippen MR) is 54.4 cm³/mol. The first kappa shape index (κ1) is 12.9. The lowest BCUT2D eigenvalue weighted by Crippen LogP contribution is -2.31. The predicted octanol–water partition coefficient (Wildman–Crippen LogP) is 2.62. The van der Waals surface area contributed by atoms with Crippen molar-refractivity contribution in [2.75, 3.05) is 0 Å². The van der Waals surface area contributed by atoms with Crippen LogP contribution in [0.1, 0.15) is 52.9 Å². The van der Waals surface area contributed by atoms with E-state index in [1.807, 2.05) is 0 Å². The van der Waals surface area contributed by atoms with E-state index < -0.39 is 14.9 Å². The van der Waals surface area contributed by atoms with Crippen molar-refractivity contribution in [2.45, 2.75) is 57.6 Å². The van der Waals surface area contributed by atoms with Gasteiger partial charge in [0.2, 0.25) is 0 Å². The van der Waals surface area contributed by atoms with Crippen molar-refractivity contribution in [3.8, 4) is 0 Å². The molecule has 0 aromatic carbocycles. The third-order valence-corrected chi connectivity index (χ3v) is 3.93. The molecule has 4 heteroatoms. The van der Waals surface area contributed by atoms with Gasteiger partial charge < -0.3 is 0 Å². The Balaban J connectivity index is 3.91. The Hall–Kier alpha value is -0.0900. The van der Waals surface area contributed by atoms with Crippen LogP contribution in [0.5, 0.6) is 0 Å². The molecule has 1 N–H and O–H groups in total. The van der Waals surface area contributed by atoms with Gasteiger partial charge in [0.25, 0.3) is 10.1 Å². The van der Waals surface area contributed by atoms with Crippen molar-refractivity contribution in [2.24, 2.45) is 0 Å². The van der Waals surface area contributed by atoms with E-state index in [4.69, 9.17) is 4.55 Å². The van der Waals surface area contributed by atoms with Gasteiger partial charge in [0, 0.05) is 0 Å². The zero-order valence-electron chi connectivity index (χ0n) is 8.71. The lowest BCUT2D eigenvalue weighted by atomic mass is 10.0. The summed E-state index contributed by atoms with van der Waals surface area (Å²) in [6, 6.07) is 0. The fourth-order valence-corrected chi connectivity index (χ4v) is 1.51. The first-order chi connectivity index (χ1) is 5.81. The summed E-state index contributed by atoms with van der Waals surface area (Å²) >= 11 is 0. The molecule has 0 atom stereocenters. The van der Waals surface area contributed by atoms with Crippen LogP contribution >= 0.6 is 0 Å². The SMILES string of the molecule is CCCCCCC(C)(C)S(=O)(=O)O.